The van der Waals surface area contributed by atoms with Crippen LogP contribution in [0.4, 0.5) is 0 Å². The van der Waals surface area contributed by atoms with Crippen LogP contribution in [0.25, 0.3) is 0 Å². The Labute approximate surface area is 170 Å². The fourth-order valence-electron chi connectivity index (χ4n) is 3.88. The summed E-state index contributed by atoms with van der Waals surface area (Å²) in [5, 5.41) is 11.6. The van der Waals surface area contributed by atoms with Crippen molar-refractivity contribution in [1.29, 1.82) is 0 Å². The first-order valence-corrected chi connectivity index (χ1v) is 9.98. The van der Waals surface area contributed by atoms with Gasteiger partial charge in [0.2, 0.25) is 0 Å². The Bertz CT molecular complexity index is 978. The normalized spacial score (nSPS) is 14.3. The quantitative estimate of drug-likeness (QED) is 0.723. The molecule has 4 rings (SSSR count). The van der Waals surface area contributed by atoms with Crippen LogP contribution in [0.15, 0.2) is 42.6 Å². The first-order chi connectivity index (χ1) is 14.1. The number of aryl methyl sites for hydroxylation is 2. The number of nitrogens with zero attached hydrogens (tertiary/aromatic N) is 5. The van der Waals surface area contributed by atoms with Crippen LogP contribution in [-0.4, -0.2) is 43.6 Å². The number of amides is 1. The topological polar surface area (TPSA) is 75.9 Å². The van der Waals surface area contributed by atoms with E-state index in [1.54, 1.807) is 24.4 Å². The number of carbonyl (C=O) groups excluding carboxylic acids is 1. The molecule has 1 N–H and O–H groups in total. The van der Waals surface area contributed by atoms with Crippen LogP contribution in [-0.2, 0) is 26.1 Å². The summed E-state index contributed by atoms with van der Waals surface area (Å²) in [5.74, 6) is 1.57. The first kappa shape index (κ1) is 19.3. The van der Waals surface area contributed by atoms with Gasteiger partial charge in [0.15, 0.2) is 5.82 Å². The van der Waals surface area contributed by atoms with Crippen molar-refractivity contribution in [3.8, 4) is 0 Å². The van der Waals surface area contributed by atoms with Gasteiger partial charge in [0, 0.05) is 38.8 Å². The van der Waals surface area contributed by atoms with Crippen molar-refractivity contribution in [3.05, 3.63) is 76.6 Å². The molecule has 0 aliphatic carbocycles. The van der Waals surface area contributed by atoms with Crippen molar-refractivity contribution in [2.75, 3.05) is 13.1 Å². The predicted molar refractivity (Wildman–Crippen MR) is 110 cm³/mol. The Morgan fingerprint density at radius 1 is 1.07 bits per heavy atom. The van der Waals surface area contributed by atoms with Crippen LogP contribution in [0.5, 0.6) is 0 Å². The Morgan fingerprint density at radius 2 is 1.90 bits per heavy atom. The largest absolute Gasteiger partial charge is 0.343 e. The van der Waals surface area contributed by atoms with Gasteiger partial charge in [-0.3, -0.25) is 14.7 Å². The number of carbonyl (C=O) groups is 1. The van der Waals surface area contributed by atoms with Gasteiger partial charge in [-0.1, -0.05) is 35.4 Å². The van der Waals surface area contributed by atoms with Gasteiger partial charge >= 0.3 is 0 Å². The molecule has 3 aromatic rings. The molecule has 0 saturated carbocycles. The lowest BCUT2D eigenvalue weighted by Gasteiger charge is -2.20. The van der Waals surface area contributed by atoms with Crippen molar-refractivity contribution in [2.45, 2.75) is 39.9 Å². The van der Waals surface area contributed by atoms with E-state index in [0.29, 0.717) is 12.2 Å². The first-order valence-electron chi connectivity index (χ1n) is 9.98. The molecule has 0 radical (unpaired) electrons. The van der Waals surface area contributed by atoms with Crippen molar-refractivity contribution in [2.24, 2.45) is 0 Å². The fourth-order valence-corrected chi connectivity index (χ4v) is 3.88. The maximum atomic E-state index is 12.2. The Hall–Kier alpha value is -3.06. The van der Waals surface area contributed by atoms with Gasteiger partial charge in [-0.2, -0.15) is 0 Å². The van der Waals surface area contributed by atoms with E-state index in [4.69, 9.17) is 0 Å². The maximum absolute atomic E-state index is 12.2. The lowest BCUT2D eigenvalue weighted by molar-refractivity contribution is 0.0944. The molecule has 29 heavy (non-hydrogen) atoms. The van der Waals surface area contributed by atoms with E-state index in [1.165, 1.54) is 16.7 Å². The Kier molecular flexibility index (Phi) is 5.67. The highest BCUT2D eigenvalue weighted by molar-refractivity contribution is 5.92. The van der Waals surface area contributed by atoms with E-state index in [1.807, 2.05) is 0 Å². The summed E-state index contributed by atoms with van der Waals surface area (Å²) in [7, 11) is 0. The van der Waals surface area contributed by atoms with E-state index in [2.05, 4.69) is 62.0 Å². The number of hydrogen-bond acceptors (Lipinski definition) is 5. The summed E-state index contributed by atoms with van der Waals surface area (Å²) in [6, 6.07) is 12.0. The molecule has 0 unspecified atom stereocenters. The molecule has 150 valence electrons. The van der Waals surface area contributed by atoms with Gasteiger partial charge in [0.05, 0.1) is 6.54 Å². The summed E-state index contributed by atoms with van der Waals surface area (Å²) < 4.78 is 2.14. The number of benzene rings is 1. The monoisotopic (exact) mass is 390 g/mol. The van der Waals surface area contributed by atoms with Gasteiger partial charge in [-0.15, -0.1) is 10.2 Å². The van der Waals surface area contributed by atoms with Crippen LogP contribution in [0, 0.1) is 13.8 Å². The van der Waals surface area contributed by atoms with Gasteiger partial charge in [-0.05, 0) is 31.5 Å². The number of pyridine rings is 1. The molecule has 1 aromatic carbocycles. The second-order valence-corrected chi connectivity index (χ2v) is 7.60. The lowest BCUT2D eigenvalue weighted by Crippen LogP contribution is -2.28. The average molecular weight is 390 g/mol. The van der Waals surface area contributed by atoms with E-state index >= 15 is 0 Å². The minimum Gasteiger partial charge on any atom is -0.343 e. The van der Waals surface area contributed by atoms with E-state index in [-0.39, 0.29) is 5.91 Å². The molecule has 2 aromatic heterocycles. The third-order valence-corrected chi connectivity index (χ3v) is 5.19. The van der Waals surface area contributed by atoms with Crippen molar-refractivity contribution in [3.63, 3.8) is 0 Å². The summed E-state index contributed by atoms with van der Waals surface area (Å²) in [6.07, 6.45) is 2.47. The van der Waals surface area contributed by atoms with Crippen LogP contribution >= 0.6 is 0 Å². The molecular weight excluding hydrogens is 364 g/mol. The molecule has 7 heteroatoms. The lowest BCUT2D eigenvalue weighted by atomic mass is 10.1. The maximum Gasteiger partial charge on any atom is 0.270 e. The highest BCUT2D eigenvalue weighted by Crippen LogP contribution is 2.15. The smallest absolute Gasteiger partial charge is 0.270 e. The zero-order chi connectivity index (χ0) is 20.2. The molecular formula is C22H26N6O. The second kappa shape index (κ2) is 8.53. The second-order valence-electron chi connectivity index (χ2n) is 7.60. The molecule has 1 aliphatic rings. The highest BCUT2D eigenvalue weighted by Gasteiger charge is 2.19. The summed E-state index contributed by atoms with van der Waals surface area (Å²) in [6.45, 7) is 8.27. The predicted octanol–water partition coefficient (Wildman–Crippen LogP) is 2.28. The Balaban J connectivity index is 1.38. The average Bonchev–Trinajstić information content (AvgIpc) is 2.99. The standard InChI is InChI=1S/C22H26N6O/c1-16-11-17(2)13-18(12-16)15-27-8-6-20-25-26-21(28(20)10-9-27)14-24-22(29)19-5-3-4-7-23-19/h3-5,7,11-13H,6,8-10,14-15H2,1-2H3,(H,24,29). The number of fused-ring (bicyclic) bond motifs is 1. The molecule has 1 aliphatic heterocycles. The van der Waals surface area contributed by atoms with Gasteiger partial charge < -0.3 is 9.88 Å². The van der Waals surface area contributed by atoms with Crippen molar-refractivity contribution >= 4 is 5.91 Å². The van der Waals surface area contributed by atoms with E-state index in [0.717, 1.165) is 44.2 Å². The van der Waals surface area contributed by atoms with Crippen LogP contribution < -0.4 is 5.32 Å². The fraction of sp³-hybridized carbons (Fsp3) is 0.364. The van der Waals surface area contributed by atoms with Crippen LogP contribution in [0.2, 0.25) is 0 Å². The highest BCUT2D eigenvalue weighted by atomic mass is 16.1. The van der Waals surface area contributed by atoms with Gasteiger partial charge in [0.25, 0.3) is 5.91 Å². The molecule has 3 heterocycles. The van der Waals surface area contributed by atoms with Gasteiger partial charge in [0.1, 0.15) is 11.5 Å². The van der Waals surface area contributed by atoms with E-state index in [9.17, 15) is 4.79 Å². The number of aromatic nitrogens is 4. The van der Waals surface area contributed by atoms with Crippen LogP contribution in [0.1, 0.15) is 38.8 Å². The SMILES string of the molecule is Cc1cc(C)cc(CN2CCc3nnc(CNC(=O)c4ccccn4)n3CC2)c1. The zero-order valence-corrected chi connectivity index (χ0v) is 16.9. The molecule has 0 atom stereocenters. The molecule has 0 saturated heterocycles. The number of nitrogens with one attached hydrogen (secondary N) is 1. The summed E-state index contributed by atoms with van der Waals surface area (Å²) >= 11 is 0. The zero-order valence-electron chi connectivity index (χ0n) is 16.9. The number of rotatable bonds is 5. The Morgan fingerprint density at radius 3 is 2.66 bits per heavy atom. The third kappa shape index (κ3) is 4.68. The molecule has 1 amide bonds. The minimum atomic E-state index is -0.201. The third-order valence-electron chi connectivity index (χ3n) is 5.19. The van der Waals surface area contributed by atoms with Gasteiger partial charge in [-0.25, -0.2) is 0 Å². The molecule has 7 nitrogen and oxygen atoms in total. The van der Waals surface area contributed by atoms with Crippen molar-refractivity contribution in [1.82, 2.24) is 30.0 Å². The molecule has 0 bridgehead atoms. The van der Waals surface area contributed by atoms with Crippen molar-refractivity contribution < 1.29 is 4.79 Å². The summed E-state index contributed by atoms with van der Waals surface area (Å²) in [5.41, 5.74) is 4.36. The molecule has 0 spiro atoms. The molecule has 0 fully saturated rings. The number of hydrogen-bond donors (Lipinski definition) is 1. The minimum absolute atomic E-state index is 0.201. The van der Waals surface area contributed by atoms with Crippen LogP contribution in [0.3, 0.4) is 0 Å². The summed E-state index contributed by atoms with van der Waals surface area (Å²) in [4.78, 5) is 18.8. The van der Waals surface area contributed by atoms with E-state index < -0.39 is 0 Å².